The molecule has 0 aliphatic heterocycles. The van der Waals surface area contributed by atoms with Crippen molar-refractivity contribution < 1.29 is 18.7 Å². The van der Waals surface area contributed by atoms with E-state index in [1.807, 2.05) is 6.92 Å². The van der Waals surface area contributed by atoms with Crippen LogP contribution in [0.3, 0.4) is 0 Å². The van der Waals surface area contributed by atoms with E-state index in [-0.39, 0.29) is 18.0 Å². The first-order chi connectivity index (χ1) is 10.4. The van der Waals surface area contributed by atoms with Crippen LogP contribution in [0.25, 0.3) is 0 Å². The Hall–Kier alpha value is -1.53. The Kier molecular flexibility index (Phi) is 5.47. The maximum atomic E-state index is 13.2. The standard InChI is InChI=1S/C16H22F2N2O2/c1-3-20(12-5-6-12)9-15(21)19-10(2)16(22)11-4-7-13(17)14(18)8-11/h4,7-8,10,12,16,22H,3,5-6,9H2,1-2H3,(H,19,21). The van der Waals surface area contributed by atoms with Gasteiger partial charge in [0.1, 0.15) is 0 Å². The van der Waals surface area contributed by atoms with Crippen molar-refractivity contribution >= 4 is 5.91 Å². The van der Waals surface area contributed by atoms with Crippen LogP contribution in [-0.4, -0.2) is 41.1 Å². The fourth-order valence-corrected chi connectivity index (χ4v) is 2.49. The molecule has 1 amide bonds. The van der Waals surface area contributed by atoms with E-state index in [0.717, 1.165) is 31.5 Å². The van der Waals surface area contributed by atoms with Gasteiger partial charge in [0.15, 0.2) is 11.6 Å². The van der Waals surface area contributed by atoms with Crippen molar-refractivity contribution in [3.8, 4) is 0 Å². The lowest BCUT2D eigenvalue weighted by atomic mass is 10.0. The van der Waals surface area contributed by atoms with Crippen LogP contribution in [0.15, 0.2) is 18.2 Å². The van der Waals surface area contributed by atoms with E-state index < -0.39 is 23.8 Å². The van der Waals surface area contributed by atoms with E-state index in [0.29, 0.717) is 6.04 Å². The summed E-state index contributed by atoms with van der Waals surface area (Å²) >= 11 is 0. The minimum Gasteiger partial charge on any atom is -0.386 e. The van der Waals surface area contributed by atoms with Gasteiger partial charge in [-0.1, -0.05) is 13.0 Å². The summed E-state index contributed by atoms with van der Waals surface area (Å²) in [6.45, 7) is 4.73. The summed E-state index contributed by atoms with van der Waals surface area (Å²) in [5.41, 5.74) is 0.237. The summed E-state index contributed by atoms with van der Waals surface area (Å²) in [5.74, 6) is -2.15. The fraction of sp³-hybridized carbons (Fsp3) is 0.562. The zero-order valence-electron chi connectivity index (χ0n) is 12.9. The molecule has 2 N–H and O–H groups in total. The molecule has 1 aliphatic carbocycles. The molecule has 1 saturated carbocycles. The first-order valence-electron chi connectivity index (χ1n) is 7.58. The van der Waals surface area contributed by atoms with Crippen LogP contribution < -0.4 is 5.32 Å². The van der Waals surface area contributed by atoms with Gasteiger partial charge in [0.05, 0.1) is 18.7 Å². The molecule has 1 aliphatic rings. The van der Waals surface area contributed by atoms with Crippen molar-refractivity contribution in [2.75, 3.05) is 13.1 Å². The van der Waals surface area contributed by atoms with Gasteiger partial charge in [0.25, 0.3) is 0 Å². The lowest BCUT2D eigenvalue weighted by Gasteiger charge is -2.24. The van der Waals surface area contributed by atoms with E-state index in [9.17, 15) is 18.7 Å². The van der Waals surface area contributed by atoms with Crippen molar-refractivity contribution in [3.63, 3.8) is 0 Å². The topological polar surface area (TPSA) is 52.6 Å². The predicted molar refractivity (Wildman–Crippen MR) is 79.2 cm³/mol. The monoisotopic (exact) mass is 312 g/mol. The maximum absolute atomic E-state index is 13.2. The summed E-state index contributed by atoms with van der Waals surface area (Å²) in [6.07, 6.45) is 1.15. The summed E-state index contributed by atoms with van der Waals surface area (Å²) in [5, 5.41) is 12.9. The van der Waals surface area contributed by atoms with Crippen LogP contribution in [0.1, 0.15) is 38.4 Å². The molecular formula is C16H22F2N2O2. The summed E-state index contributed by atoms with van der Waals surface area (Å²) in [4.78, 5) is 14.1. The lowest BCUT2D eigenvalue weighted by Crippen LogP contribution is -2.43. The number of benzene rings is 1. The highest BCUT2D eigenvalue weighted by atomic mass is 19.2. The number of carbonyl (C=O) groups is 1. The van der Waals surface area contributed by atoms with E-state index in [1.54, 1.807) is 6.92 Å². The number of likely N-dealkylation sites (N-methyl/N-ethyl adjacent to an activating group) is 1. The lowest BCUT2D eigenvalue weighted by molar-refractivity contribution is -0.123. The highest BCUT2D eigenvalue weighted by Gasteiger charge is 2.29. The smallest absolute Gasteiger partial charge is 0.234 e. The minimum absolute atomic E-state index is 0.178. The number of carbonyl (C=O) groups excluding carboxylic acids is 1. The number of halogens is 2. The first-order valence-corrected chi connectivity index (χ1v) is 7.58. The number of aliphatic hydroxyl groups is 1. The Balaban J connectivity index is 1.90. The third-order valence-electron chi connectivity index (χ3n) is 3.96. The second kappa shape index (κ2) is 7.15. The van der Waals surface area contributed by atoms with Crippen molar-refractivity contribution in [2.24, 2.45) is 0 Å². The second-order valence-corrected chi connectivity index (χ2v) is 5.77. The molecule has 0 aromatic heterocycles. The number of hydrogen-bond acceptors (Lipinski definition) is 3. The molecular weight excluding hydrogens is 290 g/mol. The highest BCUT2D eigenvalue weighted by Crippen LogP contribution is 2.26. The van der Waals surface area contributed by atoms with Crippen LogP contribution in [0.4, 0.5) is 8.78 Å². The van der Waals surface area contributed by atoms with Gasteiger partial charge in [-0.05, 0) is 44.0 Å². The molecule has 122 valence electrons. The molecule has 22 heavy (non-hydrogen) atoms. The normalized spacial score (nSPS) is 17.4. The Morgan fingerprint density at radius 2 is 2.09 bits per heavy atom. The Morgan fingerprint density at radius 1 is 1.41 bits per heavy atom. The molecule has 0 heterocycles. The van der Waals surface area contributed by atoms with Gasteiger partial charge >= 0.3 is 0 Å². The number of nitrogens with one attached hydrogen (secondary N) is 1. The Bertz CT molecular complexity index is 535. The number of hydrogen-bond donors (Lipinski definition) is 2. The summed E-state index contributed by atoms with van der Waals surface area (Å²) in [7, 11) is 0. The molecule has 0 spiro atoms. The number of aliphatic hydroxyl groups excluding tert-OH is 1. The average Bonchev–Trinajstić information content (AvgIpc) is 3.31. The Labute approximate surface area is 129 Å². The van der Waals surface area contributed by atoms with Crippen LogP contribution in [-0.2, 0) is 4.79 Å². The fourth-order valence-electron chi connectivity index (χ4n) is 2.49. The van der Waals surface area contributed by atoms with Gasteiger partial charge in [-0.15, -0.1) is 0 Å². The number of amides is 1. The molecule has 0 radical (unpaired) electrons. The van der Waals surface area contributed by atoms with Crippen LogP contribution >= 0.6 is 0 Å². The molecule has 2 atom stereocenters. The zero-order valence-corrected chi connectivity index (χ0v) is 12.9. The van der Waals surface area contributed by atoms with Crippen molar-refractivity contribution in [2.45, 2.75) is 44.9 Å². The van der Waals surface area contributed by atoms with Crippen molar-refractivity contribution in [3.05, 3.63) is 35.4 Å². The van der Waals surface area contributed by atoms with Gasteiger partial charge in [-0.2, -0.15) is 0 Å². The highest BCUT2D eigenvalue weighted by molar-refractivity contribution is 5.78. The third-order valence-corrected chi connectivity index (χ3v) is 3.96. The number of nitrogens with zero attached hydrogens (tertiary/aromatic N) is 1. The molecule has 6 heteroatoms. The van der Waals surface area contributed by atoms with Crippen LogP contribution in [0, 0.1) is 11.6 Å². The van der Waals surface area contributed by atoms with Crippen LogP contribution in [0.2, 0.25) is 0 Å². The zero-order chi connectivity index (χ0) is 16.3. The minimum atomic E-state index is -1.09. The van der Waals surface area contributed by atoms with Crippen molar-refractivity contribution in [1.29, 1.82) is 0 Å². The number of rotatable bonds is 7. The molecule has 1 fully saturated rings. The largest absolute Gasteiger partial charge is 0.386 e. The third kappa shape index (κ3) is 4.24. The molecule has 2 rings (SSSR count). The second-order valence-electron chi connectivity index (χ2n) is 5.77. The van der Waals surface area contributed by atoms with E-state index in [4.69, 9.17) is 0 Å². The maximum Gasteiger partial charge on any atom is 0.234 e. The first kappa shape index (κ1) is 16.8. The molecule has 2 unspecified atom stereocenters. The van der Waals surface area contributed by atoms with Crippen LogP contribution in [0.5, 0.6) is 0 Å². The molecule has 1 aromatic carbocycles. The molecule has 1 aromatic rings. The Morgan fingerprint density at radius 3 is 2.64 bits per heavy atom. The van der Waals surface area contributed by atoms with E-state index >= 15 is 0 Å². The molecule has 0 saturated heterocycles. The summed E-state index contributed by atoms with van der Waals surface area (Å²) in [6, 6.07) is 3.13. The van der Waals surface area contributed by atoms with Gasteiger partial charge < -0.3 is 10.4 Å². The van der Waals surface area contributed by atoms with Gasteiger partial charge in [0, 0.05) is 6.04 Å². The van der Waals surface area contributed by atoms with Gasteiger partial charge in [-0.25, -0.2) is 8.78 Å². The predicted octanol–water partition coefficient (Wildman–Crippen LogP) is 1.99. The average molecular weight is 312 g/mol. The molecule has 4 nitrogen and oxygen atoms in total. The SMILES string of the molecule is CCN(CC(=O)NC(C)C(O)c1ccc(F)c(F)c1)C1CC1. The van der Waals surface area contributed by atoms with Gasteiger partial charge in [-0.3, -0.25) is 9.69 Å². The quantitative estimate of drug-likeness (QED) is 0.809. The van der Waals surface area contributed by atoms with Gasteiger partial charge in [0.2, 0.25) is 5.91 Å². The van der Waals surface area contributed by atoms with E-state index in [1.165, 1.54) is 6.07 Å². The summed E-state index contributed by atoms with van der Waals surface area (Å²) < 4.78 is 26.1. The van der Waals surface area contributed by atoms with Crippen molar-refractivity contribution in [1.82, 2.24) is 10.2 Å². The molecule has 0 bridgehead atoms. The van der Waals surface area contributed by atoms with E-state index in [2.05, 4.69) is 10.2 Å².